The Morgan fingerprint density at radius 3 is 1.00 bits per heavy atom. The Morgan fingerprint density at radius 1 is 0.353 bits per heavy atom. The lowest BCUT2D eigenvalue weighted by Gasteiger charge is -2.38. The van der Waals surface area contributed by atoms with Gasteiger partial charge in [0.25, 0.3) is 0 Å². The molecule has 0 saturated carbocycles. The molecule has 21 rings (SSSR count). The van der Waals surface area contributed by atoms with E-state index in [2.05, 4.69) is 52.8 Å². The first-order valence-electron chi connectivity index (χ1n) is 51.6. The Bertz CT molecular complexity index is 4560. The molecule has 12 fully saturated rings. The van der Waals surface area contributed by atoms with Crippen molar-refractivity contribution < 1.29 is 138 Å². The van der Waals surface area contributed by atoms with Crippen LogP contribution in [-0.4, -0.2) is 269 Å². The van der Waals surface area contributed by atoms with E-state index < -0.39 is 76.3 Å². The fourth-order valence-corrected chi connectivity index (χ4v) is 24.1. The molecule has 0 spiro atoms. The summed E-state index contributed by atoms with van der Waals surface area (Å²) in [5, 5.41) is 0. The predicted octanol–water partition coefficient (Wildman–Crippen LogP) is 15.2. The third kappa shape index (κ3) is 22.4. The molecule has 29 nitrogen and oxygen atoms in total. The number of Topliss-reactive ketones (excluding diaryl/α,β-unsaturated/α-hetero) is 8. The zero-order valence-electron chi connectivity index (χ0n) is 85.3. The molecule has 20 heterocycles. The number of hydrogen-bond acceptors (Lipinski definition) is 29. The highest BCUT2D eigenvalue weighted by atomic mass is 16.8. The van der Waals surface area contributed by atoms with Gasteiger partial charge in [-0.3, -0.25) is 38.4 Å². The van der Waals surface area contributed by atoms with E-state index in [4.69, 9.17) is 99.5 Å². The van der Waals surface area contributed by atoms with E-state index in [1.54, 1.807) is 62.5 Å². The van der Waals surface area contributed by atoms with Gasteiger partial charge >= 0.3 is 0 Å². The molecule has 29 heteroatoms. The molecule has 31 atom stereocenters. The third-order valence-electron chi connectivity index (χ3n) is 32.2. The lowest BCUT2D eigenvalue weighted by molar-refractivity contribution is -0.255. The molecule has 139 heavy (non-hydrogen) atoms. The van der Waals surface area contributed by atoms with Crippen molar-refractivity contribution >= 4 is 46.3 Å². The average Bonchev–Trinajstić information content (AvgIpc) is 1.58. The summed E-state index contributed by atoms with van der Waals surface area (Å²) in [6.07, 6.45) is 43.8. The Labute approximate surface area is 821 Å². The van der Waals surface area contributed by atoms with Crippen LogP contribution in [-0.2, 0) is 138 Å². The molecule has 0 aromatic heterocycles. The average molecular weight is 1940 g/mol. The van der Waals surface area contributed by atoms with Gasteiger partial charge in [-0.2, -0.15) is 0 Å². The first kappa shape index (κ1) is 108. The van der Waals surface area contributed by atoms with Gasteiger partial charge in [-0.15, -0.1) is 0 Å². The number of benzene rings is 1. The van der Waals surface area contributed by atoms with Crippen LogP contribution in [0.15, 0.2) is 128 Å². The largest absolute Gasteiger partial charge is 0.378 e. The van der Waals surface area contributed by atoms with E-state index >= 15 is 0 Å². The number of unbranched alkanes of at least 4 members (excludes halogenated alkanes) is 1. The molecule has 1 aromatic rings. The first-order chi connectivity index (χ1) is 66.5. The van der Waals surface area contributed by atoms with Crippen LogP contribution in [0.5, 0.6) is 0 Å². The highest BCUT2D eigenvalue weighted by Crippen LogP contribution is 2.56. The zero-order valence-corrected chi connectivity index (χ0v) is 85.3. The highest BCUT2D eigenvalue weighted by Gasteiger charge is 2.66. The van der Waals surface area contributed by atoms with Gasteiger partial charge in [0, 0.05) is 20.3 Å². The Morgan fingerprint density at radius 2 is 0.669 bits per heavy atom. The molecule has 770 valence electrons. The number of fused-ring (bicyclic) bond motifs is 16. The van der Waals surface area contributed by atoms with Crippen LogP contribution in [0, 0.1) is 59.2 Å². The lowest BCUT2D eigenvalue weighted by Crippen LogP contribution is -2.51. The maximum atomic E-state index is 12.2. The number of methoxy groups -OCH3 is 1. The van der Waals surface area contributed by atoms with E-state index in [-0.39, 0.29) is 173 Å². The van der Waals surface area contributed by atoms with Crippen molar-refractivity contribution in [3.05, 3.63) is 133 Å². The number of rotatable bonds is 34. The molecule has 31 unspecified atom stereocenters. The molecule has 12 saturated heterocycles. The van der Waals surface area contributed by atoms with Crippen LogP contribution in [0.4, 0.5) is 0 Å². The molecule has 20 aliphatic heterocycles. The Balaban J connectivity index is 0.000000127. The van der Waals surface area contributed by atoms with Crippen LogP contribution < -0.4 is 0 Å². The normalized spacial score (nSPS) is 39.6. The van der Waals surface area contributed by atoms with Crippen LogP contribution in [0.1, 0.15) is 233 Å². The van der Waals surface area contributed by atoms with Gasteiger partial charge in [0.1, 0.15) is 97.2 Å². The van der Waals surface area contributed by atoms with Crippen molar-refractivity contribution in [3.63, 3.8) is 0 Å². The zero-order chi connectivity index (χ0) is 99.7. The molecule has 20 aliphatic rings. The standard InChI is InChI=1S/C21H36O4.C17H18O4.C14H22O3.2C12H16O4.C12H18O3.C11H14O4.C11H16O3/c1-6-16(7-2)13-23-20(24-14-17(8-3)9-4)21-11-10-18(25-21)12-19(21)15(5)22;1-11(18)14-9-13-7-8-17(14,21-13)16-19-10-15(20-16)12-5-3-2-4-6-12;1-4-5-8-16-11(3)14-7-6-12(17-14)9-13(14)10(2)15;1-7-6-14-11(15-7)12-4-3-9(16-12)5-10(12)8(2)13;1-8(13)10-7-9-3-4-12(10,16-9)11-14-5-2-6-15-11;1-4-14-9(3)12-6-5-10(15-12)7-11(12)8(2)13;1-7(12)9-6-8-2-3-11(9,15-8)10-13-4-5-14-10;1-7(12)10-6-9-4-5-11(10,14-9)8(2)13-3/h10-11,16-20H,6-9,12-14H2,1-5H3;2-8,13-16H,9-10H2,1H3;6-7,11-13H,4-5,8-9H2,1-3H3;3-4,7,9-11H,5-6H2,1-2H3;3-4,9-11H,2,5-7H2,1H3;5-6,9-11H,4,7H2,1-3H3;2-3,8-10H,4-6H2,1H3;4-5,8-10H,6H2,1-3H3. The van der Waals surface area contributed by atoms with Crippen molar-refractivity contribution in [2.75, 3.05) is 73.2 Å². The van der Waals surface area contributed by atoms with Crippen LogP contribution in [0.3, 0.4) is 0 Å². The summed E-state index contributed by atoms with van der Waals surface area (Å²) in [6, 6.07) is 10.0. The summed E-state index contributed by atoms with van der Waals surface area (Å²) in [6.45, 7) is 40.1. The van der Waals surface area contributed by atoms with E-state index in [9.17, 15) is 38.4 Å². The number of carbonyl (C=O) groups excluding carboxylic acids is 8. The molecule has 0 aliphatic carbocycles. The SMILES string of the molecule is CC(=O)C1CC2C=CC1(C1OCC(C)O1)O2.CC(=O)C1CC2C=CC1(C1OCC(c3ccccc3)O1)O2.CC(=O)C1CC2C=CC1(C1OCCCO1)O2.CC(=O)C1CC2C=CC1(C1OCCO1)O2.CCC(CC)COC(OCC(CC)CC)C12C=CC(CC1C(C)=O)O2.CCCCOC(C)C12C=CC(CC1C(C)=O)O2.CCOC(C)C12C=CC(CC1C(C)=O)O2.COC(C)C12C=CC(CC1C(C)=O)O2. The van der Waals surface area contributed by atoms with Gasteiger partial charge in [0.15, 0.2) is 31.5 Å². The van der Waals surface area contributed by atoms with E-state index in [0.717, 1.165) is 108 Å². The maximum absolute atomic E-state index is 12.2. The predicted molar refractivity (Wildman–Crippen MR) is 512 cm³/mol. The Kier molecular flexibility index (Phi) is 36.3. The molecule has 0 N–H and O–H groups in total. The van der Waals surface area contributed by atoms with Gasteiger partial charge in [-0.05, 0) is 202 Å². The monoisotopic (exact) mass is 1940 g/mol. The molecular formula is C110H156O29. The second-order valence-electron chi connectivity index (χ2n) is 41.2. The highest BCUT2D eigenvalue weighted by molar-refractivity contribution is 5.85. The summed E-state index contributed by atoms with van der Waals surface area (Å²) in [5.41, 5.74) is -3.84. The summed E-state index contributed by atoms with van der Waals surface area (Å²) in [5.74, 6) is 1.58. The quantitative estimate of drug-likeness (QED) is 0.0351. The minimum Gasteiger partial charge on any atom is -0.378 e. The number of ether oxygens (including phenoxy) is 21. The van der Waals surface area contributed by atoms with Crippen LogP contribution in [0.25, 0.3) is 0 Å². The number of hydrogen-bond donors (Lipinski definition) is 0. The van der Waals surface area contributed by atoms with Gasteiger partial charge in [-0.25, -0.2) is 0 Å². The first-order valence-corrected chi connectivity index (χ1v) is 51.6. The Hall–Kier alpha value is -6.34. The topological polar surface area (TPSA) is 330 Å². The van der Waals surface area contributed by atoms with Crippen molar-refractivity contribution in [2.45, 2.75) is 377 Å². The molecule has 16 bridgehead atoms. The fraction of sp³-hybridized carbons (Fsp3) is 0.727. The van der Waals surface area contributed by atoms with Crippen molar-refractivity contribution in [3.8, 4) is 0 Å². The lowest BCUT2D eigenvalue weighted by atomic mass is 9.77. The van der Waals surface area contributed by atoms with Crippen LogP contribution in [0.2, 0.25) is 0 Å². The minimum absolute atomic E-state index is 0.0156. The number of carbonyl (C=O) groups is 8. The fourth-order valence-electron chi connectivity index (χ4n) is 24.1. The van der Waals surface area contributed by atoms with E-state index in [1.165, 1.54) is 0 Å². The van der Waals surface area contributed by atoms with Crippen molar-refractivity contribution in [1.29, 1.82) is 0 Å². The summed E-state index contributed by atoms with van der Waals surface area (Å²) in [7, 11) is 1.65. The van der Waals surface area contributed by atoms with E-state index in [1.807, 2.05) is 144 Å². The summed E-state index contributed by atoms with van der Waals surface area (Å²) >= 11 is 0. The smallest absolute Gasteiger partial charge is 0.191 e. The molecular weight excluding hydrogens is 1790 g/mol. The molecule has 0 radical (unpaired) electrons. The third-order valence-corrected chi connectivity index (χ3v) is 32.2. The second-order valence-corrected chi connectivity index (χ2v) is 41.2. The van der Waals surface area contributed by atoms with Gasteiger partial charge in [0.05, 0.1) is 173 Å². The van der Waals surface area contributed by atoms with Gasteiger partial charge in [-0.1, -0.05) is 164 Å². The number of ketones is 8. The van der Waals surface area contributed by atoms with Gasteiger partial charge < -0.3 is 99.5 Å². The van der Waals surface area contributed by atoms with Crippen molar-refractivity contribution in [2.24, 2.45) is 59.2 Å². The summed E-state index contributed by atoms with van der Waals surface area (Å²) < 4.78 is 122. The second kappa shape index (κ2) is 46.6. The molecule has 0 amide bonds. The van der Waals surface area contributed by atoms with E-state index in [0.29, 0.717) is 71.3 Å². The van der Waals surface area contributed by atoms with Gasteiger partial charge in [0.2, 0.25) is 0 Å². The minimum atomic E-state index is -0.742. The maximum Gasteiger partial charge on any atom is 0.191 e. The summed E-state index contributed by atoms with van der Waals surface area (Å²) in [4.78, 5) is 93.8. The van der Waals surface area contributed by atoms with Crippen LogP contribution >= 0.6 is 0 Å². The molecule has 1 aromatic carbocycles. The van der Waals surface area contributed by atoms with Crippen molar-refractivity contribution in [1.82, 2.24) is 0 Å².